The van der Waals surface area contributed by atoms with E-state index < -0.39 is 17.3 Å². The summed E-state index contributed by atoms with van der Waals surface area (Å²) in [6.45, 7) is 12.5. The van der Waals surface area contributed by atoms with Crippen molar-refractivity contribution < 1.29 is 14.3 Å². The van der Waals surface area contributed by atoms with Crippen molar-refractivity contribution in [2.24, 2.45) is 5.92 Å². The molecule has 2 unspecified atom stereocenters. The Morgan fingerprint density at radius 2 is 1.64 bits per heavy atom. The lowest BCUT2D eigenvalue weighted by Gasteiger charge is -2.33. The Kier molecular flexibility index (Phi) is 10.9. The average molecular weight is 495 g/mol. The summed E-state index contributed by atoms with van der Waals surface area (Å²) in [5.41, 5.74) is 1.25. The van der Waals surface area contributed by atoms with Crippen molar-refractivity contribution in [3.8, 4) is 5.75 Å². The Morgan fingerprint density at radius 3 is 2.09 bits per heavy atom. The van der Waals surface area contributed by atoms with Gasteiger partial charge in [-0.3, -0.25) is 9.59 Å². The van der Waals surface area contributed by atoms with Crippen LogP contribution >= 0.6 is 24.0 Å². The highest BCUT2D eigenvalue weighted by atomic mass is 35.5. The zero-order valence-electron chi connectivity index (χ0n) is 20.5. The second-order valence-electron chi connectivity index (χ2n) is 8.76. The van der Waals surface area contributed by atoms with Crippen molar-refractivity contribution in [1.29, 1.82) is 0 Å². The second-order valence-corrected chi connectivity index (χ2v) is 9.19. The summed E-state index contributed by atoms with van der Waals surface area (Å²) >= 11 is 6.20. The molecule has 2 atom stereocenters. The van der Waals surface area contributed by atoms with Gasteiger partial charge >= 0.3 is 5.97 Å². The van der Waals surface area contributed by atoms with Gasteiger partial charge in [0.05, 0.1) is 5.92 Å². The number of amides is 1. The van der Waals surface area contributed by atoms with E-state index in [1.165, 1.54) is 0 Å². The molecule has 0 aromatic heterocycles. The molecule has 3 rings (SSSR count). The molecule has 1 amide bonds. The molecule has 0 fully saturated rings. The van der Waals surface area contributed by atoms with Gasteiger partial charge in [-0.2, -0.15) is 0 Å². The molecule has 2 aromatic carbocycles. The van der Waals surface area contributed by atoms with E-state index in [4.69, 9.17) is 16.3 Å². The van der Waals surface area contributed by atoms with Gasteiger partial charge in [-0.05, 0) is 37.1 Å². The first-order valence-corrected chi connectivity index (χ1v) is 11.5. The molecule has 2 N–H and O–H groups in total. The van der Waals surface area contributed by atoms with Crippen LogP contribution < -0.4 is 15.4 Å². The number of carbonyl (C=O) groups excluding carboxylic acids is 2. The normalized spacial score (nSPS) is 17.5. The molecule has 0 spiro atoms. The third-order valence-electron chi connectivity index (χ3n) is 5.56. The smallest absolute Gasteiger partial charge is 0.327 e. The SMILES string of the molecule is CC(C)NC(C)C.CCC(C(=O)NC)C1(c2ccc(C)cc2)C(=O)Oc2ccc(Cl)cc21.Cl. The highest BCUT2D eigenvalue weighted by Crippen LogP contribution is 2.51. The lowest BCUT2D eigenvalue weighted by molar-refractivity contribution is -0.142. The van der Waals surface area contributed by atoms with E-state index in [2.05, 4.69) is 38.3 Å². The quantitative estimate of drug-likeness (QED) is 0.414. The van der Waals surface area contributed by atoms with Crippen LogP contribution in [0.1, 0.15) is 57.7 Å². The van der Waals surface area contributed by atoms with Crippen LogP contribution in [0.3, 0.4) is 0 Å². The number of hydrogen-bond acceptors (Lipinski definition) is 4. The summed E-state index contributed by atoms with van der Waals surface area (Å²) in [5, 5.41) is 6.49. The topological polar surface area (TPSA) is 67.4 Å². The van der Waals surface area contributed by atoms with Crippen molar-refractivity contribution in [3.05, 3.63) is 64.2 Å². The number of rotatable bonds is 6. The van der Waals surface area contributed by atoms with Gasteiger partial charge in [0.1, 0.15) is 11.2 Å². The molecule has 5 nitrogen and oxygen atoms in total. The molecule has 1 heterocycles. The minimum Gasteiger partial charge on any atom is -0.425 e. The first kappa shape index (κ1) is 29.0. The van der Waals surface area contributed by atoms with Crippen LogP contribution in [0, 0.1) is 12.8 Å². The molecule has 0 bridgehead atoms. The fourth-order valence-electron chi connectivity index (χ4n) is 4.34. The zero-order chi connectivity index (χ0) is 24.1. The summed E-state index contributed by atoms with van der Waals surface area (Å²) in [4.78, 5) is 25.8. The van der Waals surface area contributed by atoms with Crippen molar-refractivity contribution in [1.82, 2.24) is 10.6 Å². The first-order chi connectivity index (χ1) is 15.1. The second kappa shape index (κ2) is 12.4. The minimum atomic E-state index is -1.21. The first-order valence-electron chi connectivity index (χ1n) is 11.1. The van der Waals surface area contributed by atoms with Gasteiger partial charge in [0.2, 0.25) is 5.91 Å². The molecule has 182 valence electrons. The van der Waals surface area contributed by atoms with Gasteiger partial charge in [0.15, 0.2) is 0 Å². The molecule has 2 aromatic rings. The van der Waals surface area contributed by atoms with Gasteiger partial charge < -0.3 is 15.4 Å². The number of fused-ring (bicyclic) bond motifs is 1. The number of nitrogens with one attached hydrogen (secondary N) is 2. The van der Waals surface area contributed by atoms with Crippen LogP contribution in [0.5, 0.6) is 5.75 Å². The van der Waals surface area contributed by atoms with Crippen LogP contribution in [0.25, 0.3) is 0 Å². The van der Waals surface area contributed by atoms with Crippen molar-refractivity contribution in [2.45, 2.75) is 65.5 Å². The van der Waals surface area contributed by atoms with Crippen LogP contribution in [-0.4, -0.2) is 31.0 Å². The Balaban J connectivity index is 0.000000595. The molecule has 0 saturated heterocycles. The highest BCUT2D eigenvalue weighted by Gasteiger charge is 2.57. The monoisotopic (exact) mass is 494 g/mol. The summed E-state index contributed by atoms with van der Waals surface area (Å²) in [7, 11) is 1.58. The molecule has 7 heteroatoms. The number of halogens is 2. The Bertz CT molecular complexity index is 939. The third-order valence-corrected chi connectivity index (χ3v) is 5.79. The minimum absolute atomic E-state index is 0. The van der Waals surface area contributed by atoms with Crippen LogP contribution in [0.4, 0.5) is 0 Å². The molecule has 0 radical (unpaired) electrons. The van der Waals surface area contributed by atoms with Gasteiger partial charge in [0, 0.05) is 29.7 Å². The van der Waals surface area contributed by atoms with E-state index in [-0.39, 0.29) is 18.3 Å². The number of carbonyl (C=O) groups is 2. The highest BCUT2D eigenvalue weighted by molar-refractivity contribution is 6.30. The van der Waals surface area contributed by atoms with Crippen LogP contribution in [-0.2, 0) is 15.0 Å². The van der Waals surface area contributed by atoms with Gasteiger partial charge in [0.25, 0.3) is 0 Å². The number of hydrogen-bond donors (Lipinski definition) is 2. The lowest BCUT2D eigenvalue weighted by Crippen LogP contribution is -2.48. The van der Waals surface area contributed by atoms with E-state index in [9.17, 15) is 9.59 Å². The van der Waals surface area contributed by atoms with E-state index >= 15 is 0 Å². The maximum atomic E-state index is 13.1. The maximum absolute atomic E-state index is 13.1. The largest absolute Gasteiger partial charge is 0.425 e. The molecular formula is C26H36Cl2N2O3. The van der Waals surface area contributed by atoms with Gasteiger partial charge in [-0.15, -0.1) is 12.4 Å². The molecule has 1 aliphatic heterocycles. The number of aryl methyl sites for hydroxylation is 1. The fourth-order valence-corrected chi connectivity index (χ4v) is 4.51. The Morgan fingerprint density at radius 1 is 1.06 bits per heavy atom. The third kappa shape index (κ3) is 6.28. The van der Waals surface area contributed by atoms with Crippen molar-refractivity contribution in [3.63, 3.8) is 0 Å². The zero-order valence-corrected chi connectivity index (χ0v) is 22.1. The number of ether oxygens (including phenoxy) is 1. The predicted molar refractivity (Wildman–Crippen MR) is 138 cm³/mol. The Hall–Kier alpha value is -2.08. The molecule has 1 aliphatic rings. The van der Waals surface area contributed by atoms with Crippen LogP contribution in [0.15, 0.2) is 42.5 Å². The van der Waals surface area contributed by atoms with E-state index in [1.54, 1.807) is 25.2 Å². The van der Waals surface area contributed by atoms with E-state index in [0.717, 1.165) is 11.1 Å². The molecular weight excluding hydrogens is 459 g/mol. The van der Waals surface area contributed by atoms with Gasteiger partial charge in [-0.1, -0.05) is 76.0 Å². The lowest BCUT2D eigenvalue weighted by atomic mass is 9.65. The summed E-state index contributed by atoms with van der Waals surface area (Å²) < 4.78 is 5.56. The van der Waals surface area contributed by atoms with E-state index in [1.807, 2.05) is 38.1 Å². The summed E-state index contributed by atoms with van der Waals surface area (Å²) in [6.07, 6.45) is 0.481. The standard InChI is InChI=1S/C20H20ClNO3.C6H15N.ClH/c1-4-15(18(23)22-3)20(13-7-5-12(2)6-8-13)16-11-14(21)9-10-17(16)25-19(20)24;1-5(2)7-6(3)4;/h5-11,15H,4H2,1-3H3,(H,22,23);5-7H,1-4H3;1H. The van der Waals surface area contributed by atoms with Crippen molar-refractivity contribution >= 4 is 35.9 Å². The summed E-state index contributed by atoms with van der Waals surface area (Å²) in [6, 6.07) is 14.0. The van der Waals surface area contributed by atoms with E-state index in [0.29, 0.717) is 34.8 Å². The average Bonchev–Trinajstić information content (AvgIpc) is 3.00. The maximum Gasteiger partial charge on any atom is 0.327 e. The number of esters is 1. The van der Waals surface area contributed by atoms with Crippen molar-refractivity contribution in [2.75, 3.05) is 7.05 Å². The van der Waals surface area contributed by atoms with Crippen LogP contribution in [0.2, 0.25) is 5.02 Å². The van der Waals surface area contributed by atoms with Gasteiger partial charge in [-0.25, -0.2) is 0 Å². The number of benzene rings is 2. The fraction of sp³-hybridized carbons (Fsp3) is 0.462. The Labute approximate surface area is 209 Å². The predicted octanol–water partition coefficient (Wildman–Crippen LogP) is 5.44. The molecule has 0 saturated carbocycles. The summed E-state index contributed by atoms with van der Waals surface area (Å²) in [5.74, 6) is -0.790. The molecule has 33 heavy (non-hydrogen) atoms. The molecule has 0 aliphatic carbocycles.